The molecule has 0 spiro atoms. The molecule has 0 aliphatic carbocycles. The Labute approximate surface area is 165 Å². The second-order valence-corrected chi connectivity index (χ2v) is 9.38. The summed E-state index contributed by atoms with van der Waals surface area (Å²) in [4.78, 5) is 16.0. The van der Waals surface area contributed by atoms with Gasteiger partial charge in [-0.1, -0.05) is 13.8 Å². The van der Waals surface area contributed by atoms with Crippen molar-refractivity contribution in [1.82, 2.24) is 14.5 Å². The minimum absolute atomic E-state index is 0.465. The smallest absolute Gasteiger partial charge is 0.326 e. The van der Waals surface area contributed by atoms with Crippen LogP contribution in [-0.2, 0) is 21.5 Å². The Balaban J connectivity index is 1.65. The Bertz CT molecular complexity index is 815. The molecule has 0 bridgehead atoms. The summed E-state index contributed by atoms with van der Waals surface area (Å²) in [5.41, 5.74) is 0.0610. The lowest BCUT2D eigenvalue weighted by Gasteiger charge is -2.35. The van der Waals surface area contributed by atoms with Crippen LogP contribution in [-0.4, -0.2) is 68.5 Å². The van der Waals surface area contributed by atoms with Gasteiger partial charge in [0.15, 0.2) is 5.82 Å². The van der Waals surface area contributed by atoms with Crippen molar-refractivity contribution in [2.24, 2.45) is 5.92 Å². The Hall–Kier alpha value is -1.91. The number of piperazine rings is 1. The molecule has 2 aliphatic rings. The van der Waals surface area contributed by atoms with Crippen LogP contribution in [0.5, 0.6) is 5.75 Å². The molecular formula is C18H27FN4O4S. The zero-order chi connectivity index (χ0) is 20.5. The third-order valence-corrected chi connectivity index (χ3v) is 6.44. The Morgan fingerprint density at radius 3 is 2.36 bits per heavy atom. The molecule has 1 aromatic rings. The van der Waals surface area contributed by atoms with Crippen LogP contribution in [0.25, 0.3) is 0 Å². The van der Waals surface area contributed by atoms with Gasteiger partial charge in [-0.3, -0.25) is 9.69 Å². The molecule has 2 saturated heterocycles. The van der Waals surface area contributed by atoms with E-state index >= 15 is 0 Å². The lowest BCUT2D eigenvalue weighted by atomic mass is 10.1. The van der Waals surface area contributed by atoms with Gasteiger partial charge in [0.2, 0.25) is 0 Å². The number of carbonyl (C=O) groups is 1. The van der Waals surface area contributed by atoms with E-state index in [4.69, 9.17) is 0 Å². The monoisotopic (exact) mass is 414 g/mol. The van der Waals surface area contributed by atoms with E-state index in [9.17, 15) is 22.7 Å². The van der Waals surface area contributed by atoms with Gasteiger partial charge in [0.05, 0.1) is 0 Å². The van der Waals surface area contributed by atoms with Crippen LogP contribution >= 0.6 is 0 Å². The van der Waals surface area contributed by atoms with E-state index in [1.807, 2.05) is 0 Å². The van der Waals surface area contributed by atoms with Crippen molar-refractivity contribution in [3.8, 4) is 5.75 Å². The van der Waals surface area contributed by atoms with E-state index in [0.29, 0.717) is 22.3 Å². The highest BCUT2D eigenvalue weighted by Crippen LogP contribution is 2.34. The van der Waals surface area contributed by atoms with Gasteiger partial charge in [-0.25, -0.2) is 13.4 Å². The molecule has 2 N–H and O–H groups in total. The number of anilines is 1. The molecule has 0 unspecified atom stereocenters. The van der Waals surface area contributed by atoms with Crippen LogP contribution in [0, 0.1) is 11.7 Å². The van der Waals surface area contributed by atoms with E-state index in [1.54, 1.807) is 4.72 Å². The minimum Gasteiger partial charge on any atom is -0.506 e. The number of benzene rings is 1. The first kappa shape index (κ1) is 20.8. The fourth-order valence-corrected chi connectivity index (χ4v) is 4.66. The number of phenols is 1. The van der Waals surface area contributed by atoms with Crippen molar-refractivity contribution in [3.05, 3.63) is 23.5 Å². The third kappa shape index (κ3) is 4.73. The zero-order valence-electron chi connectivity index (χ0n) is 16.2. The number of carbonyl (C=O) groups excluding carboxylic acids is 1. The number of hydrogen-bond donors (Lipinski definition) is 2. The highest BCUT2D eigenvalue weighted by atomic mass is 32.2. The summed E-state index contributed by atoms with van der Waals surface area (Å²) in [7, 11) is -4.17. The molecule has 1 aromatic carbocycles. The molecule has 2 heterocycles. The van der Waals surface area contributed by atoms with Gasteiger partial charge in [-0.05, 0) is 36.6 Å². The average Bonchev–Trinajstić information content (AvgIpc) is 2.86. The van der Waals surface area contributed by atoms with E-state index in [0.717, 1.165) is 39.1 Å². The fourth-order valence-electron chi connectivity index (χ4n) is 3.49. The summed E-state index contributed by atoms with van der Waals surface area (Å²) >= 11 is 0. The van der Waals surface area contributed by atoms with E-state index in [2.05, 4.69) is 23.6 Å². The number of amides is 1. The number of nitrogens with one attached hydrogen (secondary N) is 1. The fraction of sp³-hybridized carbons (Fsp3) is 0.611. The molecule has 0 atom stereocenters. The lowest BCUT2D eigenvalue weighted by Crippen LogP contribution is -2.46. The van der Waals surface area contributed by atoms with Gasteiger partial charge in [0.25, 0.3) is 5.91 Å². The summed E-state index contributed by atoms with van der Waals surface area (Å²) in [6, 6.07) is 2.58. The van der Waals surface area contributed by atoms with E-state index in [1.165, 1.54) is 12.1 Å². The van der Waals surface area contributed by atoms with Crippen LogP contribution < -0.4 is 9.03 Å². The molecule has 0 radical (unpaired) electrons. The minimum atomic E-state index is -4.17. The number of halogens is 1. The first-order valence-electron chi connectivity index (χ1n) is 9.45. The van der Waals surface area contributed by atoms with Crippen LogP contribution in [0.3, 0.4) is 0 Å². The van der Waals surface area contributed by atoms with Gasteiger partial charge in [-0.2, -0.15) is 8.42 Å². The molecule has 28 heavy (non-hydrogen) atoms. The number of phenolic OH excluding ortho intramolecular Hbond substituents is 1. The summed E-state index contributed by atoms with van der Waals surface area (Å²) in [5, 5.41) is 10.2. The highest BCUT2D eigenvalue weighted by Gasteiger charge is 2.37. The summed E-state index contributed by atoms with van der Waals surface area (Å²) in [5.74, 6) is -1.46. The molecular weight excluding hydrogens is 387 g/mol. The number of hydrogen-bond acceptors (Lipinski definition) is 6. The number of rotatable bonds is 6. The van der Waals surface area contributed by atoms with E-state index < -0.39 is 39.9 Å². The highest BCUT2D eigenvalue weighted by molar-refractivity contribution is 7.92. The van der Waals surface area contributed by atoms with E-state index in [-0.39, 0.29) is 0 Å². The van der Waals surface area contributed by atoms with Crippen molar-refractivity contribution in [3.63, 3.8) is 0 Å². The van der Waals surface area contributed by atoms with Crippen LogP contribution in [0.2, 0.25) is 0 Å². The quantitative estimate of drug-likeness (QED) is 0.718. The first-order chi connectivity index (χ1) is 13.2. The topological polar surface area (TPSA) is 93.2 Å². The van der Waals surface area contributed by atoms with Gasteiger partial charge in [0.1, 0.15) is 18.0 Å². The third-order valence-electron chi connectivity index (χ3n) is 5.07. The van der Waals surface area contributed by atoms with Crippen molar-refractivity contribution < 1.29 is 22.7 Å². The normalized spacial score (nSPS) is 20.7. The predicted molar refractivity (Wildman–Crippen MR) is 104 cm³/mol. The van der Waals surface area contributed by atoms with Gasteiger partial charge in [-0.15, -0.1) is 0 Å². The maximum atomic E-state index is 14.6. The SMILES string of the molecule is CC(C)CCN1CCN(Cc2cc(O)c(N3CC(=O)NS3(=O)=O)c(F)c2)CC1. The molecule has 0 saturated carbocycles. The Kier molecular flexibility index (Phi) is 6.11. The van der Waals surface area contributed by atoms with Gasteiger partial charge < -0.3 is 10.0 Å². The molecule has 2 fully saturated rings. The molecule has 10 heteroatoms. The molecule has 156 valence electrons. The lowest BCUT2D eigenvalue weighted by molar-refractivity contribution is -0.117. The maximum absolute atomic E-state index is 14.6. The van der Waals surface area contributed by atoms with Gasteiger partial charge in [0, 0.05) is 32.7 Å². The molecule has 3 rings (SSSR count). The Morgan fingerprint density at radius 2 is 1.82 bits per heavy atom. The predicted octanol–water partition coefficient (Wildman–Crippen LogP) is 0.876. The standard InChI is InChI=1S/C18H27FN4O4S/c1-13(2)3-4-21-5-7-22(8-6-21)11-14-9-15(19)18(16(24)10-14)23-12-17(25)20-28(23,26)27/h9-10,13,24H,3-8,11-12H2,1-2H3,(H,20,25). The molecule has 1 amide bonds. The van der Waals surface area contributed by atoms with Crippen molar-refractivity contribution in [2.75, 3.05) is 43.6 Å². The number of aromatic hydroxyl groups is 1. The largest absolute Gasteiger partial charge is 0.506 e. The molecule has 2 aliphatic heterocycles. The second kappa shape index (κ2) is 8.22. The average molecular weight is 415 g/mol. The van der Waals surface area contributed by atoms with Crippen LogP contribution in [0.4, 0.5) is 10.1 Å². The second-order valence-electron chi connectivity index (χ2n) is 7.78. The van der Waals surface area contributed by atoms with Gasteiger partial charge >= 0.3 is 10.2 Å². The van der Waals surface area contributed by atoms with Crippen molar-refractivity contribution in [2.45, 2.75) is 26.8 Å². The summed E-state index contributed by atoms with van der Waals surface area (Å²) in [6.07, 6.45) is 1.16. The maximum Gasteiger partial charge on any atom is 0.326 e. The molecule has 0 aromatic heterocycles. The number of nitrogens with zero attached hydrogens (tertiary/aromatic N) is 3. The van der Waals surface area contributed by atoms with Crippen molar-refractivity contribution in [1.29, 1.82) is 0 Å². The summed E-state index contributed by atoms with van der Waals surface area (Å²) < 4.78 is 40.7. The van der Waals surface area contributed by atoms with Crippen LogP contribution in [0.15, 0.2) is 12.1 Å². The summed E-state index contributed by atoms with van der Waals surface area (Å²) in [6.45, 7) is 8.99. The first-order valence-corrected chi connectivity index (χ1v) is 10.9. The Morgan fingerprint density at radius 1 is 1.18 bits per heavy atom. The van der Waals surface area contributed by atoms with Crippen molar-refractivity contribution >= 4 is 21.8 Å². The zero-order valence-corrected chi connectivity index (χ0v) is 17.0. The molecule has 8 nitrogen and oxygen atoms in total. The van der Waals surface area contributed by atoms with Crippen LogP contribution in [0.1, 0.15) is 25.8 Å².